The van der Waals surface area contributed by atoms with Crippen LogP contribution in [0.3, 0.4) is 0 Å². The Balaban J connectivity index is 1.50. The van der Waals surface area contributed by atoms with Gasteiger partial charge in [-0.25, -0.2) is 14.8 Å². The summed E-state index contributed by atoms with van der Waals surface area (Å²) in [6.45, 7) is 1.92. The molecule has 10 heteroatoms. The minimum absolute atomic E-state index is 0.0934. The van der Waals surface area contributed by atoms with Crippen molar-refractivity contribution >= 4 is 50.3 Å². The third kappa shape index (κ3) is 4.29. The second-order valence-electron chi connectivity index (χ2n) is 9.39. The topological polar surface area (TPSA) is 103 Å². The van der Waals surface area contributed by atoms with Gasteiger partial charge < -0.3 is 5.11 Å². The summed E-state index contributed by atoms with van der Waals surface area (Å²) in [5.74, 6) is -0.891. The molecule has 194 valence electrons. The first-order chi connectivity index (χ1) is 18.7. The van der Waals surface area contributed by atoms with Gasteiger partial charge in [0.25, 0.3) is 0 Å². The molecular formula is C29H22ClN5O3S. The van der Waals surface area contributed by atoms with Gasteiger partial charge in [-0.2, -0.15) is 0 Å². The lowest BCUT2D eigenvalue weighted by atomic mass is 9.93. The van der Waals surface area contributed by atoms with Gasteiger partial charge in [-0.05, 0) is 60.0 Å². The van der Waals surface area contributed by atoms with Gasteiger partial charge in [0.15, 0.2) is 5.65 Å². The number of thiazole rings is 1. The normalized spacial score (nSPS) is 11.5. The number of imidazole rings is 1. The molecule has 0 amide bonds. The number of fused-ring (bicyclic) bond motifs is 2. The Morgan fingerprint density at radius 1 is 1.00 bits per heavy atom. The van der Waals surface area contributed by atoms with Crippen LogP contribution in [-0.2, 0) is 25.3 Å². The highest BCUT2D eigenvalue weighted by Crippen LogP contribution is 2.41. The van der Waals surface area contributed by atoms with Crippen molar-refractivity contribution < 1.29 is 9.90 Å². The van der Waals surface area contributed by atoms with Crippen molar-refractivity contribution in [1.29, 1.82) is 0 Å². The maximum atomic E-state index is 12.3. The van der Waals surface area contributed by atoms with Gasteiger partial charge in [-0.1, -0.05) is 23.7 Å². The molecule has 0 saturated carbocycles. The molecule has 0 aliphatic heterocycles. The van der Waals surface area contributed by atoms with E-state index in [0.29, 0.717) is 16.4 Å². The Morgan fingerprint density at radius 2 is 1.77 bits per heavy atom. The molecule has 0 bridgehead atoms. The van der Waals surface area contributed by atoms with Crippen LogP contribution < -0.4 is 5.69 Å². The van der Waals surface area contributed by atoms with E-state index in [0.717, 1.165) is 54.1 Å². The van der Waals surface area contributed by atoms with Crippen LogP contribution in [0, 0.1) is 6.92 Å². The number of pyridine rings is 2. The second-order valence-corrected chi connectivity index (χ2v) is 10.8. The van der Waals surface area contributed by atoms with E-state index in [2.05, 4.69) is 9.97 Å². The average molecular weight is 556 g/mol. The number of hydrogen-bond acceptors (Lipinski definition) is 6. The van der Waals surface area contributed by atoms with Crippen LogP contribution in [0.1, 0.15) is 11.1 Å². The summed E-state index contributed by atoms with van der Waals surface area (Å²) in [4.78, 5) is 38.1. The molecule has 2 aromatic carbocycles. The van der Waals surface area contributed by atoms with Crippen molar-refractivity contribution in [1.82, 2.24) is 24.1 Å². The monoisotopic (exact) mass is 555 g/mol. The number of carboxylic acids is 1. The lowest BCUT2D eigenvalue weighted by Crippen LogP contribution is -2.19. The number of rotatable bonds is 5. The van der Waals surface area contributed by atoms with Gasteiger partial charge in [0.2, 0.25) is 0 Å². The zero-order chi connectivity index (χ0) is 27.4. The third-order valence-electron chi connectivity index (χ3n) is 6.88. The van der Waals surface area contributed by atoms with Crippen molar-refractivity contribution in [2.24, 2.45) is 14.1 Å². The Hall–Kier alpha value is -4.34. The molecule has 0 atom stereocenters. The summed E-state index contributed by atoms with van der Waals surface area (Å²) in [5, 5.41) is 11.0. The van der Waals surface area contributed by atoms with Crippen molar-refractivity contribution in [2.45, 2.75) is 13.3 Å². The Kier molecular flexibility index (Phi) is 6.05. The summed E-state index contributed by atoms with van der Waals surface area (Å²) < 4.78 is 4.00. The van der Waals surface area contributed by atoms with Gasteiger partial charge in [0.1, 0.15) is 5.01 Å². The number of aliphatic carboxylic acids is 1. The van der Waals surface area contributed by atoms with Crippen LogP contribution in [0.15, 0.2) is 65.7 Å². The van der Waals surface area contributed by atoms with Gasteiger partial charge in [-0.3, -0.25) is 18.9 Å². The van der Waals surface area contributed by atoms with Crippen LogP contribution in [0.4, 0.5) is 0 Å². The summed E-state index contributed by atoms with van der Waals surface area (Å²) in [7, 11) is 3.42. The Labute approximate surface area is 231 Å². The van der Waals surface area contributed by atoms with Crippen LogP contribution >= 0.6 is 22.9 Å². The highest BCUT2D eigenvalue weighted by Gasteiger charge is 2.20. The van der Waals surface area contributed by atoms with Crippen LogP contribution in [0.25, 0.3) is 54.3 Å². The molecule has 4 aromatic heterocycles. The molecule has 0 unspecified atom stereocenters. The molecule has 6 aromatic rings. The maximum absolute atomic E-state index is 12.3. The Bertz CT molecular complexity index is 1990. The smallest absolute Gasteiger partial charge is 0.329 e. The van der Waals surface area contributed by atoms with Gasteiger partial charge in [-0.15, -0.1) is 11.3 Å². The molecule has 8 nitrogen and oxygen atoms in total. The van der Waals surface area contributed by atoms with E-state index in [1.54, 1.807) is 43.2 Å². The highest BCUT2D eigenvalue weighted by molar-refractivity contribution is 7.22. The van der Waals surface area contributed by atoms with Crippen molar-refractivity contribution in [3.05, 3.63) is 87.6 Å². The fourth-order valence-electron chi connectivity index (χ4n) is 4.89. The first-order valence-electron chi connectivity index (χ1n) is 12.1. The number of carbonyl (C=O) groups is 1. The number of carboxylic acid groups (broad SMARTS) is 1. The van der Waals surface area contributed by atoms with Crippen LogP contribution in [0.2, 0.25) is 5.02 Å². The predicted molar refractivity (Wildman–Crippen MR) is 154 cm³/mol. The van der Waals surface area contributed by atoms with Crippen molar-refractivity contribution in [3.8, 4) is 33.0 Å². The molecule has 0 spiro atoms. The molecule has 4 heterocycles. The largest absolute Gasteiger partial charge is 0.481 e. The van der Waals surface area contributed by atoms with Crippen molar-refractivity contribution in [2.75, 3.05) is 0 Å². The van der Waals surface area contributed by atoms with E-state index in [1.807, 2.05) is 43.3 Å². The molecular weight excluding hydrogens is 534 g/mol. The highest BCUT2D eigenvalue weighted by atomic mass is 35.5. The minimum Gasteiger partial charge on any atom is -0.481 e. The van der Waals surface area contributed by atoms with Crippen LogP contribution in [0.5, 0.6) is 0 Å². The van der Waals surface area contributed by atoms with Gasteiger partial charge in [0.05, 0.1) is 27.8 Å². The summed E-state index contributed by atoms with van der Waals surface area (Å²) >= 11 is 7.65. The standard InChI is InChI=1S/C29H22ClN5O3S/c1-15-10-22-26(25(20(15)13-24(36)37)16-4-6-19(30)7-5-16)39-28(33-22)17-8-9-31-21(11-17)18-12-23-27(32-14-18)35(3)29(38)34(23)2/h4-12,14H,13H2,1-3H3,(H,36,37). The maximum Gasteiger partial charge on any atom is 0.329 e. The quantitative estimate of drug-likeness (QED) is 0.285. The first-order valence-corrected chi connectivity index (χ1v) is 13.3. The molecule has 0 aliphatic carbocycles. The minimum atomic E-state index is -0.891. The van der Waals surface area contributed by atoms with Gasteiger partial charge in [0, 0.05) is 48.2 Å². The lowest BCUT2D eigenvalue weighted by Gasteiger charge is -2.13. The van der Waals surface area contributed by atoms with Gasteiger partial charge >= 0.3 is 11.7 Å². The number of hydrogen-bond donors (Lipinski definition) is 1. The number of aromatic nitrogens is 5. The Morgan fingerprint density at radius 3 is 2.51 bits per heavy atom. The number of aryl methyl sites for hydroxylation is 3. The van der Waals surface area contributed by atoms with Crippen LogP contribution in [-0.4, -0.2) is 35.2 Å². The summed E-state index contributed by atoms with van der Waals surface area (Å²) in [6.07, 6.45) is 3.35. The SMILES string of the molecule is Cc1cc2nc(-c3ccnc(-c4cnc5c(c4)n(C)c(=O)n5C)c3)sc2c(-c2ccc(Cl)cc2)c1CC(=O)O. The van der Waals surface area contributed by atoms with E-state index in [-0.39, 0.29) is 12.1 Å². The fraction of sp³-hybridized carbons (Fsp3) is 0.138. The average Bonchev–Trinajstić information content (AvgIpc) is 3.44. The first kappa shape index (κ1) is 25.0. The van der Waals surface area contributed by atoms with E-state index in [4.69, 9.17) is 16.6 Å². The molecule has 39 heavy (non-hydrogen) atoms. The summed E-state index contributed by atoms with van der Waals surface area (Å²) in [5.41, 5.74) is 7.74. The molecule has 0 saturated heterocycles. The second kappa shape index (κ2) is 9.44. The number of nitrogens with zero attached hydrogens (tertiary/aromatic N) is 5. The molecule has 0 aliphatic rings. The third-order valence-corrected chi connectivity index (χ3v) is 8.26. The van der Waals surface area contributed by atoms with E-state index >= 15 is 0 Å². The van der Waals surface area contributed by atoms with E-state index in [1.165, 1.54) is 15.9 Å². The molecule has 0 radical (unpaired) electrons. The summed E-state index contributed by atoms with van der Waals surface area (Å²) in [6, 6.07) is 15.1. The van der Waals surface area contributed by atoms with E-state index in [9.17, 15) is 14.7 Å². The zero-order valence-electron chi connectivity index (χ0n) is 21.3. The number of benzene rings is 2. The molecule has 1 N–H and O–H groups in total. The van der Waals surface area contributed by atoms with Crippen molar-refractivity contribution in [3.63, 3.8) is 0 Å². The number of halogens is 1. The predicted octanol–water partition coefficient (Wildman–Crippen LogP) is 5.87. The zero-order valence-corrected chi connectivity index (χ0v) is 22.8. The molecule has 6 rings (SSSR count). The van der Waals surface area contributed by atoms with E-state index < -0.39 is 5.97 Å². The fourth-order valence-corrected chi connectivity index (χ4v) is 6.15. The lowest BCUT2D eigenvalue weighted by molar-refractivity contribution is -0.136. The molecule has 0 fully saturated rings.